The van der Waals surface area contributed by atoms with Crippen LogP contribution in [0.1, 0.15) is 47.0 Å². The average Bonchev–Trinajstić information content (AvgIpc) is 2.01. The Morgan fingerprint density at radius 3 is 2.50 bits per heavy atom. The summed E-state index contributed by atoms with van der Waals surface area (Å²) in [5.74, 6) is 3.04. The molecule has 0 spiro atoms. The SMILES string of the molecule is CC(N)=N[C@@H]1C[C@H](C)CC[C@H]1C(C)C. The average molecular weight is 196 g/mol. The number of nitrogens with zero attached hydrogens (tertiary/aromatic N) is 1. The highest BCUT2D eigenvalue weighted by atomic mass is 14.9. The predicted octanol–water partition coefficient (Wildman–Crippen LogP) is 2.82. The van der Waals surface area contributed by atoms with Gasteiger partial charge in [-0.1, -0.05) is 27.2 Å². The molecule has 0 heterocycles. The van der Waals surface area contributed by atoms with Crippen molar-refractivity contribution in [2.24, 2.45) is 28.5 Å². The molecule has 1 aliphatic rings. The maximum Gasteiger partial charge on any atom is 0.0909 e. The molecule has 82 valence electrons. The monoisotopic (exact) mass is 196 g/mol. The number of aliphatic imine (C=N–C) groups is 1. The molecule has 0 aromatic heterocycles. The maximum atomic E-state index is 5.68. The van der Waals surface area contributed by atoms with Gasteiger partial charge in [0.1, 0.15) is 0 Å². The third-order valence-electron chi connectivity index (χ3n) is 3.36. The Labute approximate surface area is 88.0 Å². The molecule has 0 amide bonds. The Balaban J connectivity index is 2.68. The Hall–Kier alpha value is -0.530. The molecular formula is C12H24N2. The molecule has 3 atom stereocenters. The van der Waals surface area contributed by atoms with Gasteiger partial charge in [0.2, 0.25) is 0 Å². The van der Waals surface area contributed by atoms with Crippen LogP contribution in [0.3, 0.4) is 0 Å². The van der Waals surface area contributed by atoms with Crippen LogP contribution in [0.25, 0.3) is 0 Å². The standard InChI is InChI=1S/C12H24N2/c1-8(2)11-6-5-9(3)7-12(11)14-10(4)13/h8-9,11-12H,5-7H2,1-4H3,(H2,13,14)/t9-,11+,12-/m1/s1. The number of rotatable bonds is 2. The first kappa shape index (κ1) is 11.5. The van der Waals surface area contributed by atoms with E-state index in [9.17, 15) is 0 Å². The zero-order chi connectivity index (χ0) is 10.7. The molecule has 1 saturated carbocycles. The van der Waals surface area contributed by atoms with Crippen molar-refractivity contribution in [3.63, 3.8) is 0 Å². The molecule has 2 N–H and O–H groups in total. The Morgan fingerprint density at radius 2 is 2.00 bits per heavy atom. The summed E-state index contributed by atoms with van der Waals surface area (Å²) in [6.07, 6.45) is 3.90. The van der Waals surface area contributed by atoms with Crippen molar-refractivity contribution < 1.29 is 0 Å². The van der Waals surface area contributed by atoms with Gasteiger partial charge in [-0.2, -0.15) is 0 Å². The molecule has 0 aromatic carbocycles. The molecule has 0 radical (unpaired) electrons. The number of hydrogen-bond acceptors (Lipinski definition) is 1. The minimum absolute atomic E-state index is 0.476. The lowest BCUT2D eigenvalue weighted by Crippen LogP contribution is -2.32. The van der Waals surface area contributed by atoms with E-state index in [0.29, 0.717) is 6.04 Å². The van der Waals surface area contributed by atoms with Crippen LogP contribution >= 0.6 is 0 Å². The molecule has 2 nitrogen and oxygen atoms in total. The number of nitrogens with two attached hydrogens (primary N) is 1. The van der Waals surface area contributed by atoms with E-state index in [1.165, 1.54) is 19.3 Å². The maximum absolute atomic E-state index is 5.68. The zero-order valence-corrected chi connectivity index (χ0v) is 9.96. The summed E-state index contributed by atoms with van der Waals surface area (Å²) in [5.41, 5.74) is 5.68. The second kappa shape index (κ2) is 4.81. The fraction of sp³-hybridized carbons (Fsp3) is 0.917. The van der Waals surface area contributed by atoms with E-state index in [0.717, 1.165) is 23.6 Å². The number of hydrogen-bond donors (Lipinski definition) is 1. The molecule has 1 rings (SSSR count). The number of amidine groups is 1. The minimum Gasteiger partial charge on any atom is -0.388 e. The van der Waals surface area contributed by atoms with Gasteiger partial charge in [-0.05, 0) is 37.5 Å². The van der Waals surface area contributed by atoms with Crippen molar-refractivity contribution in [3.8, 4) is 0 Å². The van der Waals surface area contributed by atoms with E-state index >= 15 is 0 Å². The summed E-state index contributed by atoms with van der Waals surface area (Å²) in [5, 5.41) is 0. The molecule has 0 aliphatic heterocycles. The molecule has 0 aromatic rings. The van der Waals surface area contributed by atoms with Gasteiger partial charge in [-0.25, -0.2) is 0 Å². The summed E-state index contributed by atoms with van der Waals surface area (Å²) in [4.78, 5) is 4.58. The lowest BCUT2D eigenvalue weighted by Gasteiger charge is -2.35. The fourth-order valence-electron chi connectivity index (χ4n) is 2.56. The third-order valence-corrected chi connectivity index (χ3v) is 3.36. The highest BCUT2D eigenvalue weighted by Crippen LogP contribution is 2.35. The zero-order valence-electron chi connectivity index (χ0n) is 9.96. The lowest BCUT2D eigenvalue weighted by atomic mass is 9.74. The molecule has 14 heavy (non-hydrogen) atoms. The van der Waals surface area contributed by atoms with Crippen LogP contribution in [0.15, 0.2) is 4.99 Å². The quantitative estimate of drug-likeness (QED) is 0.535. The van der Waals surface area contributed by atoms with Crippen LogP contribution in [0.4, 0.5) is 0 Å². The van der Waals surface area contributed by atoms with Gasteiger partial charge in [0, 0.05) is 0 Å². The van der Waals surface area contributed by atoms with Gasteiger partial charge in [0.05, 0.1) is 11.9 Å². The van der Waals surface area contributed by atoms with E-state index in [4.69, 9.17) is 5.73 Å². The molecule has 1 fully saturated rings. The van der Waals surface area contributed by atoms with Crippen molar-refractivity contribution in [1.82, 2.24) is 0 Å². The largest absolute Gasteiger partial charge is 0.388 e. The second-order valence-corrected chi connectivity index (χ2v) is 5.16. The van der Waals surface area contributed by atoms with Crippen molar-refractivity contribution in [3.05, 3.63) is 0 Å². The van der Waals surface area contributed by atoms with E-state index in [-0.39, 0.29) is 0 Å². The van der Waals surface area contributed by atoms with Gasteiger partial charge in [-0.3, -0.25) is 4.99 Å². The first-order chi connectivity index (χ1) is 6.50. The van der Waals surface area contributed by atoms with Crippen LogP contribution in [-0.2, 0) is 0 Å². The van der Waals surface area contributed by atoms with Gasteiger partial charge in [0.25, 0.3) is 0 Å². The van der Waals surface area contributed by atoms with Crippen LogP contribution in [-0.4, -0.2) is 11.9 Å². The fourth-order valence-corrected chi connectivity index (χ4v) is 2.56. The summed E-state index contributed by atoms with van der Waals surface area (Å²) in [6.45, 7) is 8.83. The molecule has 2 heteroatoms. The van der Waals surface area contributed by atoms with Crippen LogP contribution < -0.4 is 5.73 Å². The first-order valence-corrected chi connectivity index (χ1v) is 5.80. The van der Waals surface area contributed by atoms with Crippen molar-refractivity contribution in [2.45, 2.75) is 53.0 Å². The van der Waals surface area contributed by atoms with Crippen LogP contribution in [0, 0.1) is 17.8 Å². The van der Waals surface area contributed by atoms with Crippen molar-refractivity contribution >= 4 is 5.84 Å². The van der Waals surface area contributed by atoms with Crippen LogP contribution in [0.5, 0.6) is 0 Å². The lowest BCUT2D eigenvalue weighted by molar-refractivity contribution is 0.201. The van der Waals surface area contributed by atoms with E-state index in [1.54, 1.807) is 0 Å². The van der Waals surface area contributed by atoms with E-state index in [1.807, 2.05) is 6.92 Å². The van der Waals surface area contributed by atoms with Crippen LogP contribution in [0.2, 0.25) is 0 Å². The Bertz CT molecular complexity index is 204. The molecule has 0 unspecified atom stereocenters. The predicted molar refractivity (Wildman–Crippen MR) is 62.4 cm³/mol. The van der Waals surface area contributed by atoms with Gasteiger partial charge in [-0.15, -0.1) is 0 Å². The topological polar surface area (TPSA) is 38.4 Å². The smallest absolute Gasteiger partial charge is 0.0909 e. The summed E-state index contributed by atoms with van der Waals surface area (Å²) >= 11 is 0. The highest BCUT2D eigenvalue weighted by Gasteiger charge is 2.30. The second-order valence-electron chi connectivity index (χ2n) is 5.16. The summed E-state index contributed by atoms with van der Waals surface area (Å²) < 4.78 is 0. The van der Waals surface area contributed by atoms with Crippen molar-refractivity contribution in [2.75, 3.05) is 0 Å². The highest BCUT2D eigenvalue weighted by molar-refractivity contribution is 5.77. The Kier molecular flexibility index (Phi) is 3.97. The summed E-state index contributed by atoms with van der Waals surface area (Å²) in [6, 6.07) is 0.476. The Morgan fingerprint density at radius 1 is 1.36 bits per heavy atom. The van der Waals surface area contributed by atoms with Gasteiger partial charge in [0.15, 0.2) is 0 Å². The van der Waals surface area contributed by atoms with E-state index < -0.39 is 0 Å². The van der Waals surface area contributed by atoms with Crippen molar-refractivity contribution in [1.29, 1.82) is 0 Å². The van der Waals surface area contributed by atoms with Gasteiger partial charge >= 0.3 is 0 Å². The molecule has 1 aliphatic carbocycles. The summed E-state index contributed by atoms with van der Waals surface area (Å²) in [7, 11) is 0. The normalized spacial score (nSPS) is 34.9. The van der Waals surface area contributed by atoms with E-state index in [2.05, 4.69) is 25.8 Å². The molecule has 0 saturated heterocycles. The minimum atomic E-state index is 0.476. The third kappa shape index (κ3) is 3.00. The first-order valence-electron chi connectivity index (χ1n) is 5.80. The van der Waals surface area contributed by atoms with Gasteiger partial charge < -0.3 is 5.73 Å². The molecule has 0 bridgehead atoms. The molecular weight excluding hydrogens is 172 g/mol.